The Morgan fingerprint density at radius 1 is 1.10 bits per heavy atom. The zero-order valence-corrected chi connectivity index (χ0v) is 18.3. The van der Waals surface area contributed by atoms with E-state index in [1.165, 1.54) is 22.4 Å². The Balaban J connectivity index is 1.52. The van der Waals surface area contributed by atoms with Crippen molar-refractivity contribution in [3.8, 4) is 0 Å². The highest BCUT2D eigenvalue weighted by atomic mass is 16.2. The van der Waals surface area contributed by atoms with E-state index in [0.29, 0.717) is 5.84 Å². The highest BCUT2D eigenvalue weighted by Gasteiger charge is 2.53. The number of carbonyl (C=O) groups is 2. The first-order chi connectivity index (χ1) is 14.3. The number of aliphatic imine (C=N–C) groups is 1. The molecule has 2 aliphatic heterocycles. The standard InChI is InChI=1S/C22H29N6O2/c1-15-16(2)28-18-19(25(4)22(30)26(5)20(18)29)23-21(28)27(15)13-9-12-24(3)14-17-10-7-6-8-11-17/h6-8,10-11,18H,9,12-14H2,1-5H3/q+1. The summed E-state index contributed by atoms with van der Waals surface area (Å²) in [7, 11) is 5.33. The van der Waals surface area contributed by atoms with Crippen LogP contribution in [-0.4, -0.2) is 64.7 Å². The van der Waals surface area contributed by atoms with Gasteiger partial charge < -0.3 is 4.90 Å². The maximum Gasteiger partial charge on any atom is 0.402 e. The van der Waals surface area contributed by atoms with E-state index in [-0.39, 0.29) is 11.9 Å². The lowest BCUT2D eigenvalue weighted by Crippen LogP contribution is -2.56. The molecule has 3 heterocycles. The van der Waals surface area contributed by atoms with E-state index < -0.39 is 6.04 Å². The Labute approximate surface area is 177 Å². The predicted molar refractivity (Wildman–Crippen MR) is 114 cm³/mol. The summed E-state index contributed by atoms with van der Waals surface area (Å²) in [5.41, 5.74) is 3.42. The largest absolute Gasteiger partial charge is 0.402 e. The van der Waals surface area contributed by atoms with Gasteiger partial charge in [-0.15, -0.1) is 0 Å². The number of likely N-dealkylation sites (N-methyl/N-ethyl adjacent to an activating group) is 2. The number of hydrogen-bond donors (Lipinski definition) is 0. The van der Waals surface area contributed by atoms with Crippen molar-refractivity contribution < 1.29 is 14.2 Å². The fourth-order valence-electron chi connectivity index (χ4n) is 4.32. The SMILES string of the molecule is Cc1c(C)[n+](CCCN(C)Cc2ccccc2)c2n1C1C(=O)N(C)C(=O)N(C)C1=N2. The molecule has 30 heavy (non-hydrogen) atoms. The summed E-state index contributed by atoms with van der Waals surface area (Å²) in [4.78, 5) is 34.8. The molecule has 8 nitrogen and oxygen atoms in total. The summed E-state index contributed by atoms with van der Waals surface area (Å²) in [6.45, 7) is 6.74. The molecule has 1 saturated heterocycles. The van der Waals surface area contributed by atoms with Gasteiger partial charge in [-0.2, -0.15) is 0 Å². The number of hydrogen-bond acceptors (Lipinski definition) is 4. The molecule has 158 valence electrons. The molecule has 0 bridgehead atoms. The van der Waals surface area contributed by atoms with Crippen LogP contribution in [0.3, 0.4) is 0 Å². The van der Waals surface area contributed by atoms with Crippen LogP contribution in [0.2, 0.25) is 0 Å². The Bertz CT molecular complexity index is 1030. The second-order valence-corrected chi connectivity index (χ2v) is 8.18. The fourth-order valence-corrected chi connectivity index (χ4v) is 4.32. The summed E-state index contributed by atoms with van der Waals surface area (Å²) in [5.74, 6) is 1.03. The van der Waals surface area contributed by atoms with Crippen LogP contribution in [0.25, 0.3) is 0 Å². The number of amides is 3. The average Bonchev–Trinajstić information content (AvgIpc) is 3.23. The van der Waals surface area contributed by atoms with E-state index in [1.807, 2.05) is 17.6 Å². The van der Waals surface area contributed by atoms with Gasteiger partial charge in [0.05, 0.1) is 6.54 Å². The van der Waals surface area contributed by atoms with Crippen LogP contribution in [0.4, 0.5) is 10.7 Å². The summed E-state index contributed by atoms with van der Waals surface area (Å²) >= 11 is 0. The number of rotatable bonds is 6. The molecule has 1 aromatic carbocycles. The molecule has 0 spiro atoms. The minimum absolute atomic E-state index is 0.233. The van der Waals surface area contributed by atoms with Gasteiger partial charge in [0, 0.05) is 27.2 Å². The normalized spacial score (nSPS) is 18.2. The number of carbonyl (C=O) groups excluding carboxylic acids is 2. The lowest BCUT2D eigenvalue weighted by Gasteiger charge is -2.30. The lowest BCUT2D eigenvalue weighted by molar-refractivity contribution is -0.689. The maximum atomic E-state index is 12.8. The molecule has 1 unspecified atom stereocenters. The smallest absolute Gasteiger partial charge is 0.302 e. The molecule has 0 radical (unpaired) electrons. The number of urea groups is 1. The zero-order valence-electron chi connectivity index (χ0n) is 18.3. The van der Waals surface area contributed by atoms with Crippen molar-refractivity contribution in [2.75, 3.05) is 27.7 Å². The molecule has 0 aliphatic carbocycles. The summed E-state index contributed by atoms with van der Waals surface area (Å²) < 4.78 is 4.14. The van der Waals surface area contributed by atoms with Crippen molar-refractivity contribution in [2.45, 2.75) is 39.4 Å². The third-order valence-electron chi connectivity index (χ3n) is 6.16. The van der Waals surface area contributed by atoms with E-state index in [9.17, 15) is 9.59 Å². The first-order valence-electron chi connectivity index (χ1n) is 10.3. The molecular weight excluding hydrogens is 380 g/mol. The van der Waals surface area contributed by atoms with E-state index in [1.54, 1.807) is 7.05 Å². The molecule has 0 N–H and O–H groups in total. The van der Waals surface area contributed by atoms with Gasteiger partial charge in [0.15, 0.2) is 0 Å². The van der Waals surface area contributed by atoms with E-state index >= 15 is 0 Å². The van der Waals surface area contributed by atoms with E-state index in [2.05, 4.69) is 47.7 Å². The molecule has 8 heteroatoms. The van der Waals surface area contributed by atoms with Crippen molar-refractivity contribution in [3.63, 3.8) is 0 Å². The number of fused-ring (bicyclic) bond motifs is 3. The number of imide groups is 1. The summed E-state index contributed by atoms with van der Waals surface area (Å²) in [5, 5.41) is 0. The van der Waals surface area contributed by atoms with Crippen molar-refractivity contribution in [1.29, 1.82) is 0 Å². The van der Waals surface area contributed by atoms with Gasteiger partial charge in [0.2, 0.25) is 11.9 Å². The molecular formula is C22H29N6O2+. The van der Waals surface area contributed by atoms with Gasteiger partial charge >= 0.3 is 12.0 Å². The van der Waals surface area contributed by atoms with E-state index in [0.717, 1.165) is 43.4 Å². The molecule has 4 rings (SSSR count). The highest BCUT2D eigenvalue weighted by molar-refractivity contribution is 6.20. The van der Waals surface area contributed by atoms with Crippen LogP contribution in [0.1, 0.15) is 29.4 Å². The van der Waals surface area contributed by atoms with Crippen molar-refractivity contribution >= 4 is 23.7 Å². The topological polar surface area (TPSA) is 65.0 Å². The number of nitrogens with zero attached hydrogens (tertiary/aromatic N) is 6. The zero-order chi connectivity index (χ0) is 21.6. The van der Waals surface area contributed by atoms with Crippen LogP contribution in [0.15, 0.2) is 35.3 Å². The van der Waals surface area contributed by atoms with Crippen molar-refractivity contribution in [3.05, 3.63) is 47.3 Å². The number of amidine groups is 1. The van der Waals surface area contributed by atoms with Crippen molar-refractivity contribution in [2.24, 2.45) is 4.99 Å². The Morgan fingerprint density at radius 2 is 1.80 bits per heavy atom. The maximum absolute atomic E-state index is 12.8. The molecule has 0 saturated carbocycles. The second kappa shape index (κ2) is 7.68. The molecule has 1 aromatic heterocycles. The van der Waals surface area contributed by atoms with Crippen LogP contribution < -0.4 is 4.57 Å². The van der Waals surface area contributed by atoms with Crippen LogP contribution in [-0.2, 0) is 17.9 Å². The second-order valence-electron chi connectivity index (χ2n) is 8.18. The number of benzene rings is 1. The van der Waals surface area contributed by atoms with Gasteiger partial charge in [0.1, 0.15) is 11.4 Å². The third kappa shape index (κ3) is 3.21. The van der Waals surface area contributed by atoms with Gasteiger partial charge in [-0.25, -0.2) is 13.9 Å². The van der Waals surface area contributed by atoms with Gasteiger partial charge in [-0.3, -0.25) is 14.6 Å². The number of aromatic nitrogens is 2. The van der Waals surface area contributed by atoms with Gasteiger partial charge in [-0.05, 0) is 32.9 Å². The van der Waals surface area contributed by atoms with Gasteiger partial charge in [0.25, 0.3) is 5.91 Å². The lowest BCUT2D eigenvalue weighted by atomic mass is 10.1. The average molecular weight is 410 g/mol. The molecule has 2 aromatic rings. The van der Waals surface area contributed by atoms with E-state index in [4.69, 9.17) is 4.99 Å². The monoisotopic (exact) mass is 409 g/mol. The van der Waals surface area contributed by atoms with Crippen molar-refractivity contribution in [1.82, 2.24) is 19.3 Å². The third-order valence-corrected chi connectivity index (χ3v) is 6.16. The van der Waals surface area contributed by atoms with Crippen LogP contribution >= 0.6 is 0 Å². The Kier molecular flexibility index (Phi) is 5.19. The minimum atomic E-state index is -0.562. The number of imidazole rings is 1. The van der Waals surface area contributed by atoms with Gasteiger partial charge in [-0.1, -0.05) is 35.3 Å². The minimum Gasteiger partial charge on any atom is -0.302 e. The Hall–Kier alpha value is -3.00. The Morgan fingerprint density at radius 3 is 2.50 bits per heavy atom. The summed E-state index contributed by atoms with van der Waals surface area (Å²) in [6, 6.07) is 9.54. The fraction of sp³-hybridized carbons (Fsp3) is 0.455. The van der Waals surface area contributed by atoms with Crippen LogP contribution in [0, 0.1) is 13.8 Å². The van der Waals surface area contributed by atoms with Crippen LogP contribution in [0.5, 0.6) is 0 Å². The quantitative estimate of drug-likeness (QED) is 0.686. The summed E-state index contributed by atoms with van der Waals surface area (Å²) in [6.07, 6.45) is 0.962. The molecule has 1 atom stereocenters. The predicted octanol–water partition coefficient (Wildman–Crippen LogP) is 2.02. The molecule has 3 amide bonds. The highest BCUT2D eigenvalue weighted by Crippen LogP contribution is 2.34. The first kappa shape index (κ1) is 20.3. The molecule has 1 fully saturated rings. The molecule has 2 aliphatic rings. The first-order valence-corrected chi connectivity index (χ1v) is 10.3.